The smallest absolute Gasteiger partial charge is 0.282 e. The first-order chi connectivity index (χ1) is 14.7. The molecule has 31 heavy (non-hydrogen) atoms. The standard InChI is InChI=1S/C21H25N7O2S/c1-11(14-9-15(24-12(2)23-14)16-10-22-13(3)31-16)7-8-17-25-20(29-26-17)18-19(21(4,5)6)28-30-27-18/h9-11H,7-8H2,1-6H3. The number of thiazole rings is 1. The predicted molar refractivity (Wildman–Crippen MR) is 116 cm³/mol. The van der Waals surface area contributed by atoms with Crippen LogP contribution in [-0.2, 0) is 11.8 Å². The van der Waals surface area contributed by atoms with Gasteiger partial charge in [-0.05, 0) is 37.4 Å². The lowest BCUT2D eigenvalue weighted by molar-refractivity contribution is 0.297. The van der Waals surface area contributed by atoms with Gasteiger partial charge in [0.15, 0.2) is 11.5 Å². The second-order valence-corrected chi connectivity index (χ2v) is 9.87. The Morgan fingerprint density at radius 2 is 1.87 bits per heavy atom. The summed E-state index contributed by atoms with van der Waals surface area (Å²) < 4.78 is 10.3. The Bertz CT molecular complexity index is 1190. The van der Waals surface area contributed by atoms with Crippen LogP contribution in [0.2, 0.25) is 0 Å². The summed E-state index contributed by atoms with van der Waals surface area (Å²) in [5.74, 6) is 1.90. The molecule has 4 aromatic heterocycles. The van der Waals surface area contributed by atoms with Crippen molar-refractivity contribution >= 4 is 11.3 Å². The van der Waals surface area contributed by atoms with E-state index in [9.17, 15) is 0 Å². The molecule has 0 spiro atoms. The summed E-state index contributed by atoms with van der Waals surface area (Å²) in [5, 5.41) is 13.1. The van der Waals surface area contributed by atoms with Crippen LogP contribution in [0.25, 0.3) is 22.2 Å². The Hall–Kier alpha value is -3.01. The molecule has 0 N–H and O–H groups in total. The summed E-state index contributed by atoms with van der Waals surface area (Å²) in [6, 6.07) is 2.04. The summed E-state index contributed by atoms with van der Waals surface area (Å²) in [6.07, 6.45) is 3.33. The highest BCUT2D eigenvalue weighted by atomic mass is 32.1. The summed E-state index contributed by atoms with van der Waals surface area (Å²) in [5.41, 5.74) is 2.86. The topological polar surface area (TPSA) is 117 Å². The SMILES string of the molecule is Cc1nc(-c2cnc(C)s2)cc(C(C)CCc2noc(-c3nonc3C(C)(C)C)n2)n1. The Labute approximate surface area is 184 Å². The minimum atomic E-state index is -0.238. The summed E-state index contributed by atoms with van der Waals surface area (Å²) in [6.45, 7) is 12.1. The minimum absolute atomic E-state index is 0.204. The van der Waals surface area contributed by atoms with Gasteiger partial charge >= 0.3 is 0 Å². The highest BCUT2D eigenvalue weighted by Crippen LogP contribution is 2.30. The van der Waals surface area contributed by atoms with Crippen molar-refractivity contribution in [3.63, 3.8) is 0 Å². The molecule has 0 amide bonds. The fourth-order valence-electron chi connectivity index (χ4n) is 3.22. The highest BCUT2D eigenvalue weighted by molar-refractivity contribution is 7.15. The molecule has 1 unspecified atom stereocenters. The molecule has 0 saturated carbocycles. The maximum atomic E-state index is 5.43. The fraction of sp³-hybridized carbons (Fsp3) is 0.476. The quantitative estimate of drug-likeness (QED) is 0.422. The van der Waals surface area contributed by atoms with Crippen molar-refractivity contribution < 1.29 is 9.15 Å². The zero-order chi connectivity index (χ0) is 22.2. The predicted octanol–water partition coefficient (Wildman–Crippen LogP) is 4.68. The number of hydrogen-bond donors (Lipinski definition) is 0. The summed E-state index contributed by atoms with van der Waals surface area (Å²) in [4.78, 5) is 19.1. The Balaban J connectivity index is 1.47. The number of aryl methyl sites for hydroxylation is 3. The van der Waals surface area contributed by atoms with Crippen molar-refractivity contribution in [2.24, 2.45) is 0 Å². The molecule has 162 valence electrons. The first kappa shape index (κ1) is 21.2. The van der Waals surface area contributed by atoms with Gasteiger partial charge in [0.2, 0.25) is 0 Å². The third-order valence-electron chi connectivity index (χ3n) is 4.91. The van der Waals surface area contributed by atoms with Crippen LogP contribution in [0.3, 0.4) is 0 Å². The van der Waals surface area contributed by atoms with Crippen LogP contribution in [0.4, 0.5) is 0 Å². The number of hydrogen-bond acceptors (Lipinski definition) is 10. The Morgan fingerprint density at radius 1 is 1.06 bits per heavy atom. The van der Waals surface area contributed by atoms with Crippen molar-refractivity contribution in [2.45, 2.75) is 65.7 Å². The molecule has 0 bridgehead atoms. The first-order valence-electron chi connectivity index (χ1n) is 10.1. The van der Waals surface area contributed by atoms with Crippen molar-refractivity contribution in [3.8, 4) is 22.2 Å². The molecule has 10 heteroatoms. The number of aromatic nitrogens is 7. The van der Waals surface area contributed by atoms with Crippen LogP contribution in [-0.4, -0.2) is 35.4 Å². The van der Waals surface area contributed by atoms with Gasteiger partial charge in [0, 0.05) is 23.7 Å². The largest absolute Gasteiger partial charge is 0.332 e. The number of rotatable bonds is 6. The average molecular weight is 440 g/mol. The molecule has 0 radical (unpaired) electrons. The maximum absolute atomic E-state index is 5.43. The molecule has 0 aliphatic carbocycles. The van der Waals surface area contributed by atoms with E-state index < -0.39 is 0 Å². The van der Waals surface area contributed by atoms with Crippen LogP contribution in [0.1, 0.15) is 68.1 Å². The highest BCUT2D eigenvalue weighted by Gasteiger charge is 2.28. The molecular weight excluding hydrogens is 414 g/mol. The molecule has 0 saturated heterocycles. The van der Waals surface area contributed by atoms with Gasteiger partial charge in [-0.15, -0.1) is 11.3 Å². The molecule has 4 rings (SSSR count). The minimum Gasteiger partial charge on any atom is -0.332 e. The van der Waals surface area contributed by atoms with Gasteiger partial charge in [-0.3, -0.25) is 0 Å². The molecule has 1 atom stereocenters. The summed E-state index contributed by atoms with van der Waals surface area (Å²) in [7, 11) is 0. The second-order valence-electron chi connectivity index (χ2n) is 8.64. The van der Waals surface area contributed by atoms with Gasteiger partial charge in [-0.25, -0.2) is 19.6 Å². The maximum Gasteiger partial charge on any atom is 0.282 e. The van der Waals surface area contributed by atoms with Crippen molar-refractivity contribution in [1.29, 1.82) is 0 Å². The van der Waals surface area contributed by atoms with E-state index in [-0.39, 0.29) is 11.3 Å². The van der Waals surface area contributed by atoms with E-state index in [1.54, 1.807) is 11.3 Å². The third kappa shape index (κ3) is 4.68. The van der Waals surface area contributed by atoms with Gasteiger partial charge in [0.05, 0.1) is 15.6 Å². The number of nitrogens with zero attached hydrogens (tertiary/aromatic N) is 7. The van der Waals surface area contributed by atoms with E-state index in [4.69, 9.17) is 9.15 Å². The van der Waals surface area contributed by atoms with Crippen molar-refractivity contribution in [3.05, 3.63) is 40.3 Å². The lowest BCUT2D eigenvalue weighted by Crippen LogP contribution is -2.13. The molecule has 4 aromatic rings. The molecule has 0 fully saturated rings. The van der Waals surface area contributed by atoms with E-state index in [2.05, 4.69) is 42.3 Å². The van der Waals surface area contributed by atoms with E-state index in [1.165, 1.54) is 0 Å². The van der Waals surface area contributed by atoms with Crippen LogP contribution in [0.5, 0.6) is 0 Å². The molecule has 0 aliphatic heterocycles. The van der Waals surface area contributed by atoms with Crippen molar-refractivity contribution in [1.82, 2.24) is 35.4 Å². The normalized spacial score (nSPS) is 13.0. The fourth-order valence-corrected chi connectivity index (χ4v) is 3.95. The molecular formula is C21H25N7O2S. The van der Waals surface area contributed by atoms with Crippen LogP contribution in [0.15, 0.2) is 21.4 Å². The molecule has 4 heterocycles. The zero-order valence-electron chi connectivity index (χ0n) is 18.5. The van der Waals surface area contributed by atoms with Gasteiger partial charge in [0.25, 0.3) is 5.89 Å². The van der Waals surface area contributed by atoms with Gasteiger partial charge in [0.1, 0.15) is 11.5 Å². The van der Waals surface area contributed by atoms with Gasteiger partial charge < -0.3 is 4.52 Å². The van der Waals surface area contributed by atoms with E-state index >= 15 is 0 Å². The van der Waals surface area contributed by atoms with E-state index in [0.717, 1.165) is 33.5 Å². The third-order valence-corrected chi connectivity index (χ3v) is 5.84. The Morgan fingerprint density at radius 3 is 2.58 bits per heavy atom. The van der Waals surface area contributed by atoms with Crippen LogP contribution < -0.4 is 0 Å². The lowest BCUT2D eigenvalue weighted by atomic mass is 9.91. The van der Waals surface area contributed by atoms with E-state index in [1.807, 2.05) is 46.9 Å². The van der Waals surface area contributed by atoms with Gasteiger partial charge in [-0.2, -0.15) is 4.98 Å². The summed E-state index contributed by atoms with van der Waals surface area (Å²) >= 11 is 1.63. The Kier molecular flexibility index (Phi) is 5.65. The van der Waals surface area contributed by atoms with Gasteiger partial charge in [-0.1, -0.05) is 38.0 Å². The van der Waals surface area contributed by atoms with E-state index in [0.29, 0.717) is 29.5 Å². The molecule has 9 nitrogen and oxygen atoms in total. The monoisotopic (exact) mass is 439 g/mol. The molecule has 0 aliphatic rings. The average Bonchev–Trinajstić information content (AvgIpc) is 3.44. The second kappa shape index (κ2) is 8.26. The lowest BCUT2D eigenvalue weighted by Gasteiger charge is -2.13. The van der Waals surface area contributed by atoms with Crippen molar-refractivity contribution in [2.75, 3.05) is 0 Å². The molecule has 0 aromatic carbocycles. The zero-order valence-corrected chi connectivity index (χ0v) is 19.3. The van der Waals surface area contributed by atoms with Crippen LogP contribution >= 0.6 is 11.3 Å². The van der Waals surface area contributed by atoms with Crippen LogP contribution in [0, 0.1) is 13.8 Å². The first-order valence-corrected chi connectivity index (χ1v) is 11.0.